The van der Waals surface area contributed by atoms with Gasteiger partial charge in [-0.3, -0.25) is 4.57 Å². The van der Waals surface area contributed by atoms with E-state index < -0.39 is 0 Å². The Morgan fingerprint density at radius 1 is 0.650 bits per heavy atom. The summed E-state index contributed by atoms with van der Waals surface area (Å²) >= 11 is 1.76. The first kappa shape index (κ1) is 26.1. The fourth-order valence-corrected chi connectivity index (χ4v) is 6.21. The standard InChI is InChI=1S/C36H33N3S/c1-24(2)31-15-9-16-32(25(3)4)35(31)39-21-20-37-36(39)28-12-8-14-30(23-28)40-29-13-7-11-27(22-29)34-19-18-26-10-5-6-17-33(26)38-34/h5-25H,1-4H3. The lowest BCUT2D eigenvalue weighted by Crippen LogP contribution is -2.07. The van der Waals surface area contributed by atoms with Gasteiger partial charge >= 0.3 is 0 Å². The SMILES string of the molecule is CC(C)c1cccc(C(C)C)c1-n1ccnc1-c1cccc(Sc2cccc(-c3ccc4ccccc4n3)c2)c1. The average Bonchev–Trinajstić information content (AvgIpc) is 3.46. The lowest BCUT2D eigenvalue weighted by atomic mass is 9.92. The summed E-state index contributed by atoms with van der Waals surface area (Å²) in [4.78, 5) is 12.1. The van der Waals surface area contributed by atoms with Crippen LogP contribution in [0.1, 0.15) is 50.7 Å². The summed E-state index contributed by atoms with van der Waals surface area (Å²) in [6.07, 6.45) is 4.01. The van der Waals surface area contributed by atoms with E-state index in [1.165, 1.54) is 26.6 Å². The Balaban J connectivity index is 1.33. The molecule has 0 aliphatic rings. The lowest BCUT2D eigenvalue weighted by molar-refractivity contribution is 0.806. The van der Waals surface area contributed by atoms with E-state index in [-0.39, 0.29) is 0 Å². The van der Waals surface area contributed by atoms with Gasteiger partial charge in [-0.05, 0) is 59.4 Å². The maximum absolute atomic E-state index is 4.90. The van der Waals surface area contributed by atoms with Crippen LogP contribution in [0.15, 0.2) is 125 Å². The summed E-state index contributed by atoms with van der Waals surface area (Å²) in [6, 6.07) is 36.5. The molecule has 0 bridgehead atoms. The Morgan fingerprint density at radius 2 is 1.30 bits per heavy atom. The molecule has 0 atom stereocenters. The number of para-hydroxylation sites is 2. The van der Waals surface area contributed by atoms with Crippen molar-refractivity contribution in [2.75, 3.05) is 0 Å². The summed E-state index contributed by atoms with van der Waals surface area (Å²) in [6.45, 7) is 9.05. The average molecular weight is 540 g/mol. The number of benzene rings is 4. The molecule has 0 aliphatic heterocycles. The van der Waals surface area contributed by atoms with Crippen molar-refractivity contribution in [1.82, 2.24) is 14.5 Å². The molecule has 2 heterocycles. The molecular formula is C36H33N3S. The molecule has 6 rings (SSSR count). The Morgan fingerprint density at radius 3 is 2.02 bits per heavy atom. The minimum absolute atomic E-state index is 0.412. The Labute approximate surface area is 241 Å². The fourth-order valence-electron chi connectivity index (χ4n) is 5.27. The molecule has 3 nitrogen and oxygen atoms in total. The molecule has 0 radical (unpaired) electrons. The van der Waals surface area contributed by atoms with Crippen LogP contribution in [0.4, 0.5) is 0 Å². The zero-order valence-corrected chi connectivity index (χ0v) is 24.2. The Bertz CT molecular complexity index is 1770. The highest BCUT2D eigenvalue weighted by molar-refractivity contribution is 7.99. The maximum atomic E-state index is 4.90. The van der Waals surface area contributed by atoms with E-state index in [1.54, 1.807) is 11.8 Å². The first-order valence-corrected chi connectivity index (χ1v) is 14.7. The van der Waals surface area contributed by atoms with Crippen LogP contribution in [-0.2, 0) is 0 Å². The minimum atomic E-state index is 0.412. The van der Waals surface area contributed by atoms with Crippen molar-refractivity contribution in [3.63, 3.8) is 0 Å². The molecule has 198 valence electrons. The topological polar surface area (TPSA) is 30.7 Å². The van der Waals surface area contributed by atoms with Crippen molar-refractivity contribution in [2.24, 2.45) is 0 Å². The van der Waals surface area contributed by atoms with Crippen molar-refractivity contribution >= 4 is 22.7 Å². The predicted octanol–water partition coefficient (Wildman–Crippen LogP) is 10.2. The quantitative estimate of drug-likeness (QED) is 0.202. The summed E-state index contributed by atoms with van der Waals surface area (Å²) in [5, 5.41) is 1.16. The Hall–Kier alpha value is -4.15. The molecule has 0 saturated heterocycles. The van der Waals surface area contributed by atoms with E-state index in [0.29, 0.717) is 11.8 Å². The fraction of sp³-hybridized carbons (Fsp3) is 0.167. The number of hydrogen-bond donors (Lipinski definition) is 0. The van der Waals surface area contributed by atoms with Crippen molar-refractivity contribution in [2.45, 2.75) is 49.3 Å². The summed E-state index contributed by atoms with van der Waals surface area (Å²) in [5.74, 6) is 1.79. The molecule has 0 unspecified atom stereocenters. The summed E-state index contributed by atoms with van der Waals surface area (Å²) in [5.41, 5.74) is 8.17. The zero-order chi connectivity index (χ0) is 27.6. The number of imidazole rings is 1. The highest BCUT2D eigenvalue weighted by Gasteiger charge is 2.18. The monoisotopic (exact) mass is 539 g/mol. The van der Waals surface area contributed by atoms with Crippen molar-refractivity contribution in [3.8, 4) is 28.3 Å². The third-order valence-electron chi connectivity index (χ3n) is 7.28. The van der Waals surface area contributed by atoms with Crippen LogP contribution in [-0.4, -0.2) is 14.5 Å². The van der Waals surface area contributed by atoms with Gasteiger partial charge in [-0.1, -0.05) is 106 Å². The van der Waals surface area contributed by atoms with E-state index in [4.69, 9.17) is 9.97 Å². The molecular weight excluding hydrogens is 506 g/mol. The van der Waals surface area contributed by atoms with Gasteiger partial charge in [0.25, 0.3) is 0 Å². The highest BCUT2D eigenvalue weighted by Crippen LogP contribution is 2.36. The number of rotatable bonds is 7. The molecule has 6 aromatic rings. The number of pyridine rings is 1. The normalized spacial score (nSPS) is 11.6. The zero-order valence-electron chi connectivity index (χ0n) is 23.4. The molecule has 0 spiro atoms. The number of aromatic nitrogens is 3. The molecule has 40 heavy (non-hydrogen) atoms. The third kappa shape index (κ3) is 5.20. The van der Waals surface area contributed by atoms with Crippen LogP contribution in [0.2, 0.25) is 0 Å². The first-order valence-electron chi connectivity index (χ1n) is 13.9. The van der Waals surface area contributed by atoms with Crippen LogP contribution in [0.5, 0.6) is 0 Å². The molecule has 0 saturated carbocycles. The predicted molar refractivity (Wildman–Crippen MR) is 168 cm³/mol. The van der Waals surface area contributed by atoms with Gasteiger partial charge in [0, 0.05) is 38.7 Å². The van der Waals surface area contributed by atoms with Crippen LogP contribution in [0.25, 0.3) is 39.2 Å². The first-order chi connectivity index (χ1) is 19.5. The van der Waals surface area contributed by atoms with Gasteiger partial charge in [-0.2, -0.15) is 0 Å². The van der Waals surface area contributed by atoms with Crippen LogP contribution in [0.3, 0.4) is 0 Å². The lowest BCUT2D eigenvalue weighted by Gasteiger charge is -2.22. The van der Waals surface area contributed by atoms with Gasteiger partial charge in [0.05, 0.1) is 16.9 Å². The maximum Gasteiger partial charge on any atom is 0.144 e. The minimum Gasteiger partial charge on any atom is -0.299 e. The summed E-state index contributed by atoms with van der Waals surface area (Å²) in [7, 11) is 0. The van der Waals surface area contributed by atoms with E-state index >= 15 is 0 Å². The third-order valence-corrected chi connectivity index (χ3v) is 8.26. The molecule has 0 aliphatic carbocycles. The molecule has 4 aromatic carbocycles. The van der Waals surface area contributed by atoms with Gasteiger partial charge in [-0.15, -0.1) is 0 Å². The molecule has 2 aromatic heterocycles. The van der Waals surface area contributed by atoms with Gasteiger partial charge in [0.1, 0.15) is 5.82 Å². The highest BCUT2D eigenvalue weighted by atomic mass is 32.2. The summed E-state index contributed by atoms with van der Waals surface area (Å²) < 4.78 is 2.28. The molecule has 0 amide bonds. The number of hydrogen-bond acceptors (Lipinski definition) is 3. The van der Waals surface area contributed by atoms with E-state index in [1.807, 2.05) is 18.3 Å². The van der Waals surface area contributed by atoms with Gasteiger partial charge in [0.15, 0.2) is 0 Å². The number of fused-ring (bicyclic) bond motifs is 1. The van der Waals surface area contributed by atoms with Crippen molar-refractivity contribution in [1.29, 1.82) is 0 Å². The second-order valence-corrected chi connectivity index (χ2v) is 11.9. The van der Waals surface area contributed by atoms with Gasteiger partial charge in [-0.25, -0.2) is 9.97 Å². The second-order valence-electron chi connectivity index (χ2n) is 10.8. The van der Waals surface area contributed by atoms with E-state index in [9.17, 15) is 0 Å². The van der Waals surface area contributed by atoms with E-state index in [2.05, 4.69) is 129 Å². The Kier molecular flexibility index (Phi) is 7.27. The smallest absolute Gasteiger partial charge is 0.144 e. The molecule has 0 N–H and O–H groups in total. The van der Waals surface area contributed by atoms with Crippen molar-refractivity contribution < 1.29 is 0 Å². The number of nitrogens with zero attached hydrogens (tertiary/aromatic N) is 3. The molecule has 0 fully saturated rings. The molecule has 4 heteroatoms. The van der Waals surface area contributed by atoms with Gasteiger partial charge < -0.3 is 0 Å². The van der Waals surface area contributed by atoms with Crippen LogP contribution >= 0.6 is 11.8 Å². The van der Waals surface area contributed by atoms with Crippen molar-refractivity contribution in [3.05, 3.63) is 127 Å². The van der Waals surface area contributed by atoms with Crippen LogP contribution in [0, 0.1) is 0 Å². The second kappa shape index (κ2) is 11.1. The largest absolute Gasteiger partial charge is 0.299 e. The van der Waals surface area contributed by atoms with Crippen LogP contribution < -0.4 is 0 Å². The van der Waals surface area contributed by atoms with E-state index in [0.717, 1.165) is 33.5 Å². The van der Waals surface area contributed by atoms with Gasteiger partial charge in [0.2, 0.25) is 0 Å².